The Hall–Kier alpha value is -1.32. The molecule has 0 saturated carbocycles. The Morgan fingerprint density at radius 3 is 2.88 bits per heavy atom. The molecule has 1 unspecified atom stereocenters. The molecular weight excluding hydrogens is 230 g/mol. The van der Waals surface area contributed by atoms with Crippen molar-refractivity contribution < 1.29 is 5.11 Å². The van der Waals surface area contributed by atoms with Gasteiger partial charge in [0, 0.05) is 17.1 Å². The predicted molar refractivity (Wildman–Crippen MR) is 73.6 cm³/mol. The van der Waals surface area contributed by atoms with Crippen LogP contribution < -0.4 is 5.32 Å². The molecule has 0 bridgehead atoms. The normalized spacial score (nSPS) is 12.4. The van der Waals surface area contributed by atoms with Gasteiger partial charge in [0.25, 0.3) is 0 Å². The number of nitrogens with one attached hydrogen (secondary N) is 1. The zero-order chi connectivity index (χ0) is 12.1. The van der Waals surface area contributed by atoms with Crippen LogP contribution >= 0.6 is 11.3 Å². The minimum absolute atomic E-state index is 0.430. The molecule has 17 heavy (non-hydrogen) atoms. The molecule has 0 radical (unpaired) electrons. The average molecular weight is 247 g/mol. The molecule has 0 aliphatic rings. The van der Waals surface area contributed by atoms with Gasteiger partial charge in [-0.05, 0) is 35.6 Å². The number of aliphatic hydroxyl groups is 1. The van der Waals surface area contributed by atoms with Crippen LogP contribution in [0.5, 0.6) is 0 Å². The van der Waals surface area contributed by atoms with Crippen molar-refractivity contribution in [3.63, 3.8) is 0 Å². The molecule has 2 nitrogen and oxygen atoms in total. The third-order valence-corrected chi connectivity index (χ3v) is 3.68. The van der Waals surface area contributed by atoms with Crippen molar-refractivity contribution in [3.8, 4) is 0 Å². The number of aliphatic hydroxyl groups excluding tert-OH is 1. The molecule has 0 saturated heterocycles. The second kappa shape index (κ2) is 5.84. The molecule has 0 amide bonds. The van der Waals surface area contributed by atoms with Crippen LogP contribution in [0.4, 0.5) is 5.69 Å². The lowest BCUT2D eigenvalue weighted by atomic mass is 10.1. The van der Waals surface area contributed by atoms with E-state index in [0.29, 0.717) is 6.54 Å². The maximum atomic E-state index is 9.95. The summed E-state index contributed by atoms with van der Waals surface area (Å²) in [5.41, 5.74) is 2.38. The van der Waals surface area contributed by atoms with Gasteiger partial charge < -0.3 is 10.4 Å². The van der Waals surface area contributed by atoms with Gasteiger partial charge in [0.15, 0.2) is 0 Å². The highest BCUT2D eigenvalue weighted by Gasteiger charge is 2.07. The Morgan fingerprint density at radius 1 is 1.29 bits per heavy atom. The van der Waals surface area contributed by atoms with Gasteiger partial charge in [0.1, 0.15) is 6.10 Å². The summed E-state index contributed by atoms with van der Waals surface area (Å²) < 4.78 is 0. The summed E-state index contributed by atoms with van der Waals surface area (Å²) >= 11 is 1.58. The van der Waals surface area contributed by atoms with Crippen molar-refractivity contribution in [2.75, 3.05) is 11.9 Å². The van der Waals surface area contributed by atoms with Crippen molar-refractivity contribution in [2.24, 2.45) is 0 Å². The smallest absolute Gasteiger partial charge is 0.105 e. The Labute approximate surface area is 106 Å². The van der Waals surface area contributed by atoms with Crippen molar-refractivity contribution >= 4 is 17.0 Å². The minimum atomic E-state index is -0.430. The lowest BCUT2D eigenvalue weighted by Crippen LogP contribution is -2.11. The van der Waals surface area contributed by atoms with Crippen molar-refractivity contribution in [1.29, 1.82) is 0 Å². The molecule has 2 aromatic rings. The minimum Gasteiger partial charge on any atom is -0.386 e. The van der Waals surface area contributed by atoms with Gasteiger partial charge in [-0.15, -0.1) is 11.3 Å². The molecule has 1 aromatic carbocycles. The van der Waals surface area contributed by atoms with Gasteiger partial charge in [0.05, 0.1) is 0 Å². The summed E-state index contributed by atoms with van der Waals surface area (Å²) in [5, 5.41) is 15.2. The van der Waals surface area contributed by atoms with E-state index in [1.54, 1.807) is 11.3 Å². The third kappa shape index (κ3) is 3.32. The SMILES string of the molecule is CCc1cccc(NCC(O)c2cccs2)c1. The Morgan fingerprint density at radius 2 is 2.18 bits per heavy atom. The van der Waals surface area contributed by atoms with E-state index in [4.69, 9.17) is 0 Å². The van der Waals surface area contributed by atoms with Crippen LogP contribution in [0.15, 0.2) is 41.8 Å². The van der Waals surface area contributed by atoms with Crippen molar-refractivity contribution in [3.05, 3.63) is 52.2 Å². The average Bonchev–Trinajstić information content (AvgIpc) is 2.90. The Balaban J connectivity index is 1.93. The summed E-state index contributed by atoms with van der Waals surface area (Å²) in [7, 11) is 0. The first-order valence-electron chi connectivity index (χ1n) is 5.84. The van der Waals surface area contributed by atoms with E-state index >= 15 is 0 Å². The number of hydrogen-bond donors (Lipinski definition) is 2. The quantitative estimate of drug-likeness (QED) is 0.848. The predicted octanol–water partition coefficient (Wildman–Crippen LogP) is 3.46. The van der Waals surface area contributed by atoms with E-state index in [-0.39, 0.29) is 0 Å². The first-order valence-corrected chi connectivity index (χ1v) is 6.72. The highest BCUT2D eigenvalue weighted by Crippen LogP contribution is 2.19. The van der Waals surface area contributed by atoms with Crippen LogP contribution in [0.2, 0.25) is 0 Å². The highest BCUT2D eigenvalue weighted by atomic mass is 32.1. The summed E-state index contributed by atoms with van der Waals surface area (Å²) in [4.78, 5) is 1.00. The van der Waals surface area contributed by atoms with Gasteiger partial charge in [-0.3, -0.25) is 0 Å². The fourth-order valence-corrected chi connectivity index (χ4v) is 2.41. The Bertz CT molecular complexity index is 453. The van der Waals surface area contributed by atoms with Crippen molar-refractivity contribution in [2.45, 2.75) is 19.4 Å². The molecule has 0 fully saturated rings. The van der Waals surface area contributed by atoms with Crippen LogP contribution in [0.3, 0.4) is 0 Å². The third-order valence-electron chi connectivity index (χ3n) is 2.71. The van der Waals surface area contributed by atoms with Gasteiger partial charge in [-0.25, -0.2) is 0 Å². The highest BCUT2D eigenvalue weighted by molar-refractivity contribution is 7.10. The number of rotatable bonds is 5. The molecule has 2 N–H and O–H groups in total. The zero-order valence-corrected chi connectivity index (χ0v) is 10.7. The molecule has 1 atom stereocenters. The van der Waals surface area contributed by atoms with Gasteiger partial charge in [-0.2, -0.15) is 0 Å². The number of thiophene rings is 1. The first kappa shape index (κ1) is 12.1. The largest absolute Gasteiger partial charge is 0.386 e. The van der Waals surface area contributed by atoms with E-state index in [0.717, 1.165) is 17.0 Å². The summed E-state index contributed by atoms with van der Waals surface area (Å²) in [6.45, 7) is 2.69. The molecule has 0 spiro atoms. The van der Waals surface area contributed by atoms with E-state index in [1.807, 2.05) is 29.6 Å². The number of hydrogen-bond acceptors (Lipinski definition) is 3. The molecule has 1 heterocycles. The second-order valence-electron chi connectivity index (χ2n) is 3.97. The summed E-state index contributed by atoms with van der Waals surface area (Å²) in [6, 6.07) is 12.2. The van der Waals surface area contributed by atoms with E-state index in [1.165, 1.54) is 5.56 Å². The fraction of sp³-hybridized carbons (Fsp3) is 0.286. The van der Waals surface area contributed by atoms with Gasteiger partial charge in [-0.1, -0.05) is 25.1 Å². The molecule has 0 aliphatic carbocycles. The fourth-order valence-electron chi connectivity index (χ4n) is 1.70. The maximum Gasteiger partial charge on any atom is 0.105 e. The van der Waals surface area contributed by atoms with Crippen molar-refractivity contribution in [1.82, 2.24) is 0 Å². The molecule has 90 valence electrons. The van der Waals surface area contributed by atoms with Gasteiger partial charge in [0.2, 0.25) is 0 Å². The van der Waals surface area contributed by atoms with E-state index in [2.05, 4.69) is 24.4 Å². The standard InChI is InChI=1S/C14H17NOS/c1-2-11-5-3-6-12(9-11)15-10-13(16)14-7-4-8-17-14/h3-9,13,15-16H,2,10H2,1H3. The summed E-state index contributed by atoms with van der Waals surface area (Å²) in [5.74, 6) is 0. The molecule has 3 heteroatoms. The van der Waals surface area contributed by atoms with E-state index < -0.39 is 6.10 Å². The van der Waals surface area contributed by atoms with Crippen LogP contribution in [-0.4, -0.2) is 11.7 Å². The first-order chi connectivity index (χ1) is 8.29. The number of anilines is 1. The maximum absolute atomic E-state index is 9.95. The molecular formula is C14H17NOS. The lowest BCUT2D eigenvalue weighted by Gasteiger charge is -2.12. The van der Waals surface area contributed by atoms with Gasteiger partial charge >= 0.3 is 0 Å². The summed E-state index contributed by atoms with van der Waals surface area (Å²) in [6.07, 6.45) is 0.600. The zero-order valence-electron chi connectivity index (χ0n) is 9.89. The molecule has 0 aliphatic heterocycles. The van der Waals surface area contributed by atoms with Crippen LogP contribution in [0, 0.1) is 0 Å². The number of benzene rings is 1. The van der Waals surface area contributed by atoms with Crippen LogP contribution in [0.1, 0.15) is 23.5 Å². The van der Waals surface area contributed by atoms with Crippen LogP contribution in [-0.2, 0) is 6.42 Å². The number of aryl methyl sites for hydroxylation is 1. The molecule has 1 aromatic heterocycles. The Kier molecular flexibility index (Phi) is 4.18. The van der Waals surface area contributed by atoms with E-state index in [9.17, 15) is 5.11 Å². The second-order valence-corrected chi connectivity index (χ2v) is 4.95. The topological polar surface area (TPSA) is 32.3 Å². The monoisotopic (exact) mass is 247 g/mol. The van der Waals surface area contributed by atoms with Crippen LogP contribution in [0.25, 0.3) is 0 Å². The lowest BCUT2D eigenvalue weighted by molar-refractivity contribution is 0.195. The molecule has 2 rings (SSSR count).